The molecule has 0 saturated carbocycles. The van der Waals surface area contributed by atoms with Crippen molar-refractivity contribution in [2.24, 2.45) is 0 Å². The highest BCUT2D eigenvalue weighted by Gasteiger charge is 2.22. The fraction of sp³-hybridized carbons (Fsp3) is 0.429. The van der Waals surface area contributed by atoms with E-state index in [1.165, 1.54) is 0 Å². The van der Waals surface area contributed by atoms with Gasteiger partial charge in [-0.15, -0.1) is 0 Å². The Hall–Kier alpha value is -2.42. The molecule has 0 unspecified atom stereocenters. The van der Waals surface area contributed by atoms with Crippen LogP contribution in [0.1, 0.15) is 30.1 Å². The zero-order valence-corrected chi connectivity index (χ0v) is 11.4. The molecule has 20 heavy (non-hydrogen) atoms. The lowest BCUT2D eigenvalue weighted by Crippen LogP contribution is -2.35. The number of hydrogen-bond donors (Lipinski definition) is 0. The van der Waals surface area contributed by atoms with Gasteiger partial charge in [-0.1, -0.05) is 6.07 Å². The largest absolute Gasteiger partial charge is 0.356 e. The molecule has 6 heteroatoms. The Morgan fingerprint density at radius 1 is 1.30 bits per heavy atom. The Balaban J connectivity index is 1.71. The lowest BCUT2D eigenvalue weighted by molar-refractivity contribution is 0.365. The molecular weight excluding hydrogens is 252 g/mol. The van der Waals surface area contributed by atoms with E-state index in [4.69, 9.17) is 5.26 Å². The maximum atomic E-state index is 9.06. The molecule has 2 aromatic heterocycles. The molecule has 102 valence electrons. The van der Waals surface area contributed by atoms with E-state index in [0.29, 0.717) is 11.7 Å². The average Bonchev–Trinajstić information content (AvgIpc) is 3.02. The number of piperidine rings is 1. The third-order valence-corrected chi connectivity index (χ3v) is 3.79. The van der Waals surface area contributed by atoms with Crippen LogP contribution in [0.3, 0.4) is 0 Å². The number of aryl methyl sites for hydroxylation is 1. The molecule has 0 aromatic carbocycles. The maximum Gasteiger partial charge on any atom is 0.145 e. The summed E-state index contributed by atoms with van der Waals surface area (Å²) in [5.74, 6) is 0.893. The van der Waals surface area contributed by atoms with Gasteiger partial charge in [0, 0.05) is 13.1 Å². The lowest BCUT2D eigenvalue weighted by atomic mass is 10.1. The van der Waals surface area contributed by atoms with E-state index in [0.717, 1.165) is 37.3 Å². The normalized spacial score (nSPS) is 16.1. The molecule has 0 amide bonds. The first-order valence-corrected chi connectivity index (χ1v) is 6.75. The third-order valence-electron chi connectivity index (χ3n) is 3.79. The molecule has 1 fully saturated rings. The van der Waals surface area contributed by atoms with Crippen molar-refractivity contribution in [1.82, 2.24) is 19.7 Å². The number of hydrogen-bond acceptors (Lipinski definition) is 5. The fourth-order valence-electron chi connectivity index (χ4n) is 2.57. The minimum Gasteiger partial charge on any atom is -0.356 e. The molecule has 6 nitrogen and oxygen atoms in total. The standard InChI is InChI=1S/C14H16N6/c1-11-2-3-14(18-13(11)8-15)19-6-4-12(5-7-19)20-10-16-9-17-20/h2-3,9-10,12H,4-7H2,1H3. The van der Waals surface area contributed by atoms with Gasteiger partial charge in [-0.3, -0.25) is 0 Å². The summed E-state index contributed by atoms with van der Waals surface area (Å²) in [6.07, 6.45) is 5.38. The smallest absolute Gasteiger partial charge is 0.145 e. The van der Waals surface area contributed by atoms with E-state index in [2.05, 4.69) is 26.0 Å². The molecule has 0 spiro atoms. The van der Waals surface area contributed by atoms with Gasteiger partial charge in [0.15, 0.2) is 0 Å². The van der Waals surface area contributed by atoms with Crippen LogP contribution in [0, 0.1) is 18.3 Å². The van der Waals surface area contributed by atoms with Crippen molar-refractivity contribution in [3.8, 4) is 6.07 Å². The minimum absolute atomic E-state index is 0.412. The summed E-state index contributed by atoms with van der Waals surface area (Å²) in [4.78, 5) is 10.7. The zero-order valence-electron chi connectivity index (χ0n) is 11.4. The molecule has 0 aliphatic carbocycles. The fourth-order valence-corrected chi connectivity index (χ4v) is 2.57. The van der Waals surface area contributed by atoms with Crippen LogP contribution >= 0.6 is 0 Å². The summed E-state index contributed by atoms with van der Waals surface area (Å²) in [5.41, 5.74) is 1.44. The quantitative estimate of drug-likeness (QED) is 0.829. The van der Waals surface area contributed by atoms with Crippen LogP contribution in [0.15, 0.2) is 24.8 Å². The van der Waals surface area contributed by atoms with Crippen molar-refractivity contribution < 1.29 is 0 Å². The van der Waals surface area contributed by atoms with Crippen LogP contribution in [0.5, 0.6) is 0 Å². The Kier molecular flexibility index (Phi) is 3.33. The number of nitrogens with zero attached hydrogens (tertiary/aromatic N) is 6. The van der Waals surface area contributed by atoms with Gasteiger partial charge in [0.1, 0.15) is 30.2 Å². The summed E-state index contributed by atoms with van der Waals surface area (Å²) >= 11 is 0. The SMILES string of the molecule is Cc1ccc(N2CCC(n3cncn3)CC2)nc1C#N. The zero-order chi connectivity index (χ0) is 13.9. The van der Waals surface area contributed by atoms with Crippen molar-refractivity contribution in [3.63, 3.8) is 0 Å². The van der Waals surface area contributed by atoms with E-state index in [9.17, 15) is 0 Å². The van der Waals surface area contributed by atoms with Crippen molar-refractivity contribution in [2.75, 3.05) is 18.0 Å². The van der Waals surface area contributed by atoms with Gasteiger partial charge in [-0.25, -0.2) is 14.6 Å². The van der Waals surface area contributed by atoms with Crippen LogP contribution in [-0.2, 0) is 0 Å². The van der Waals surface area contributed by atoms with E-state index < -0.39 is 0 Å². The molecule has 3 heterocycles. The van der Waals surface area contributed by atoms with E-state index in [-0.39, 0.29) is 0 Å². The molecule has 1 aliphatic heterocycles. The Bertz CT molecular complexity index is 620. The van der Waals surface area contributed by atoms with Gasteiger partial charge in [0.05, 0.1) is 6.04 Å². The summed E-state index contributed by atoms with van der Waals surface area (Å²) < 4.78 is 1.93. The van der Waals surface area contributed by atoms with Crippen LogP contribution in [0.4, 0.5) is 5.82 Å². The van der Waals surface area contributed by atoms with Gasteiger partial charge >= 0.3 is 0 Å². The number of rotatable bonds is 2. The van der Waals surface area contributed by atoms with Crippen molar-refractivity contribution in [3.05, 3.63) is 36.0 Å². The van der Waals surface area contributed by atoms with Gasteiger partial charge in [0.2, 0.25) is 0 Å². The maximum absolute atomic E-state index is 9.06. The number of anilines is 1. The van der Waals surface area contributed by atoms with E-state index in [1.54, 1.807) is 12.7 Å². The summed E-state index contributed by atoms with van der Waals surface area (Å²) in [6.45, 7) is 3.75. The topological polar surface area (TPSA) is 70.6 Å². The number of nitriles is 1. The van der Waals surface area contributed by atoms with Crippen LogP contribution < -0.4 is 4.90 Å². The molecule has 1 aliphatic rings. The van der Waals surface area contributed by atoms with Gasteiger partial charge in [-0.2, -0.15) is 10.4 Å². The van der Waals surface area contributed by atoms with E-state index >= 15 is 0 Å². The second-order valence-corrected chi connectivity index (χ2v) is 5.04. The highest BCUT2D eigenvalue weighted by atomic mass is 15.3. The van der Waals surface area contributed by atoms with Crippen LogP contribution in [0.2, 0.25) is 0 Å². The van der Waals surface area contributed by atoms with Gasteiger partial charge in [0.25, 0.3) is 0 Å². The summed E-state index contributed by atoms with van der Waals surface area (Å²) in [5, 5.41) is 13.3. The van der Waals surface area contributed by atoms with Crippen LogP contribution in [-0.4, -0.2) is 32.8 Å². The van der Waals surface area contributed by atoms with Gasteiger partial charge in [-0.05, 0) is 31.4 Å². The predicted molar refractivity (Wildman–Crippen MR) is 74.2 cm³/mol. The Morgan fingerprint density at radius 3 is 2.75 bits per heavy atom. The molecule has 2 aromatic rings. The monoisotopic (exact) mass is 268 g/mol. The Morgan fingerprint density at radius 2 is 2.10 bits per heavy atom. The minimum atomic E-state index is 0.412. The van der Waals surface area contributed by atoms with Crippen molar-refractivity contribution in [1.29, 1.82) is 5.26 Å². The molecule has 0 atom stereocenters. The Labute approximate surface area is 117 Å². The summed E-state index contributed by atoms with van der Waals surface area (Å²) in [6, 6.07) is 6.51. The predicted octanol–water partition coefficient (Wildman–Crippen LogP) is 1.69. The highest BCUT2D eigenvalue weighted by molar-refractivity contribution is 5.45. The number of aromatic nitrogens is 4. The first-order chi connectivity index (χ1) is 9.78. The molecular formula is C14H16N6. The lowest BCUT2D eigenvalue weighted by Gasteiger charge is -2.32. The van der Waals surface area contributed by atoms with Crippen molar-refractivity contribution in [2.45, 2.75) is 25.8 Å². The van der Waals surface area contributed by atoms with Crippen LogP contribution in [0.25, 0.3) is 0 Å². The molecule has 1 saturated heterocycles. The summed E-state index contributed by atoms with van der Waals surface area (Å²) in [7, 11) is 0. The molecule has 0 radical (unpaired) electrons. The molecule has 3 rings (SSSR count). The molecule has 0 N–H and O–H groups in total. The average molecular weight is 268 g/mol. The van der Waals surface area contributed by atoms with E-state index in [1.807, 2.05) is 23.7 Å². The van der Waals surface area contributed by atoms with Crippen molar-refractivity contribution >= 4 is 5.82 Å². The highest BCUT2D eigenvalue weighted by Crippen LogP contribution is 2.25. The second-order valence-electron chi connectivity index (χ2n) is 5.04. The first kappa shape index (κ1) is 12.6. The van der Waals surface area contributed by atoms with Gasteiger partial charge < -0.3 is 4.90 Å². The first-order valence-electron chi connectivity index (χ1n) is 6.75. The number of pyridine rings is 1. The second kappa shape index (κ2) is 5.29. The third kappa shape index (κ3) is 2.35. The molecule has 0 bridgehead atoms.